The van der Waals surface area contributed by atoms with Crippen LogP contribution in [-0.2, 0) is 4.79 Å². The molecule has 0 saturated carbocycles. The Morgan fingerprint density at radius 3 is 1.67 bits per heavy atom. The number of nitrogens with one attached hydrogen (secondary N) is 1. The molecule has 0 rings (SSSR count). The minimum absolute atomic E-state index is 0.0936. The summed E-state index contributed by atoms with van der Waals surface area (Å²) < 4.78 is 0. The van der Waals surface area contributed by atoms with Crippen LogP contribution in [-0.4, -0.2) is 81.2 Å². The molecule has 198 valence electrons. The number of carbonyl (C=O) groups is 1. The smallest absolute Gasteiger partial charge is 0.303 e. The van der Waals surface area contributed by atoms with Crippen molar-refractivity contribution in [1.82, 2.24) is 5.32 Å². The highest BCUT2D eigenvalue weighted by atomic mass is 16.4. The summed E-state index contributed by atoms with van der Waals surface area (Å²) in [4.78, 5) is 10.3. The number of carboxylic acids is 1. The zero-order valence-electron chi connectivity index (χ0n) is 20.9. The predicted octanol–water partition coefficient (Wildman–Crippen LogP) is 2.75. The molecule has 0 aliphatic rings. The molecule has 0 aromatic rings. The summed E-state index contributed by atoms with van der Waals surface area (Å²) in [5.74, 6) is -0.664. The predicted molar refractivity (Wildman–Crippen MR) is 132 cm³/mol. The third-order valence-corrected chi connectivity index (χ3v) is 5.39. The average Bonchev–Trinajstić information content (AvgIpc) is 2.80. The standard InChI is InChI=1S/C18H34O2.C7H17NO5/c1-2-3-4-5-6-7-8-9-10-11-12-13-14-15-16-17-18(19)20;1-8-2-4(10)6(12)7(13)5(11)3-9/h9-10H,2-8,11-17H2,1H3,(H,19,20);4-13H,2-3H2,1H3/b10-9-;/t;4-,5+,6+,7+/m.0/s1. The molecule has 4 atom stereocenters. The summed E-state index contributed by atoms with van der Waals surface area (Å²) in [7, 11) is 1.57. The number of aliphatic carboxylic acids is 1. The SMILES string of the molecule is CCCCCCCC/C=C\CCCCCCCC(=O)O.CNC[C@H](O)[C@@H](O)[C@H](O)[C@H](O)CO. The monoisotopic (exact) mass is 477 g/mol. The van der Waals surface area contributed by atoms with E-state index in [4.69, 9.17) is 25.5 Å². The van der Waals surface area contributed by atoms with E-state index in [1.54, 1.807) is 7.05 Å². The molecule has 0 bridgehead atoms. The molecule has 0 saturated heterocycles. The van der Waals surface area contributed by atoms with Gasteiger partial charge in [-0.1, -0.05) is 70.4 Å². The van der Waals surface area contributed by atoms with Crippen LogP contribution in [0.2, 0.25) is 0 Å². The lowest BCUT2D eigenvalue weighted by atomic mass is 10.0. The van der Waals surface area contributed by atoms with E-state index in [0.717, 1.165) is 12.8 Å². The number of hydrogen-bond donors (Lipinski definition) is 7. The van der Waals surface area contributed by atoms with E-state index >= 15 is 0 Å². The Hall–Kier alpha value is -1.03. The maximum atomic E-state index is 10.3. The van der Waals surface area contributed by atoms with Crippen LogP contribution in [0.1, 0.15) is 96.8 Å². The van der Waals surface area contributed by atoms with E-state index in [0.29, 0.717) is 6.42 Å². The Morgan fingerprint density at radius 2 is 1.21 bits per heavy atom. The Bertz CT molecular complexity index is 448. The number of rotatable bonds is 21. The van der Waals surface area contributed by atoms with Gasteiger partial charge in [0, 0.05) is 13.0 Å². The number of unbranched alkanes of at least 4 members (excludes halogenated alkanes) is 11. The maximum Gasteiger partial charge on any atom is 0.303 e. The second-order valence-corrected chi connectivity index (χ2v) is 8.58. The molecule has 0 aliphatic heterocycles. The van der Waals surface area contributed by atoms with E-state index in [9.17, 15) is 9.90 Å². The van der Waals surface area contributed by atoms with Crippen LogP contribution in [0.15, 0.2) is 12.2 Å². The third kappa shape index (κ3) is 23.9. The zero-order valence-corrected chi connectivity index (χ0v) is 20.9. The fourth-order valence-corrected chi connectivity index (χ4v) is 3.24. The van der Waals surface area contributed by atoms with Crippen molar-refractivity contribution in [3.8, 4) is 0 Å². The van der Waals surface area contributed by atoms with Gasteiger partial charge in [-0.3, -0.25) is 4.79 Å². The van der Waals surface area contributed by atoms with E-state index < -0.39 is 37.0 Å². The van der Waals surface area contributed by atoms with Crippen molar-refractivity contribution < 1.29 is 35.4 Å². The van der Waals surface area contributed by atoms with Crippen LogP contribution < -0.4 is 5.32 Å². The fourth-order valence-electron chi connectivity index (χ4n) is 3.24. The van der Waals surface area contributed by atoms with Crippen molar-refractivity contribution in [3.05, 3.63) is 12.2 Å². The van der Waals surface area contributed by atoms with Crippen molar-refractivity contribution in [2.45, 2.75) is 121 Å². The number of aliphatic hydroxyl groups excluding tert-OH is 5. The molecule has 7 N–H and O–H groups in total. The van der Waals surface area contributed by atoms with E-state index in [-0.39, 0.29) is 6.54 Å². The zero-order chi connectivity index (χ0) is 25.3. The second-order valence-electron chi connectivity index (χ2n) is 8.58. The molecular weight excluding hydrogens is 426 g/mol. The molecule has 0 aromatic heterocycles. The lowest BCUT2D eigenvalue weighted by Crippen LogP contribution is -2.48. The van der Waals surface area contributed by atoms with Gasteiger partial charge in [0.05, 0.1) is 12.7 Å². The molecule has 0 heterocycles. The number of allylic oxidation sites excluding steroid dienone is 2. The van der Waals surface area contributed by atoms with Gasteiger partial charge in [-0.2, -0.15) is 0 Å². The summed E-state index contributed by atoms with van der Waals surface area (Å²) in [6.07, 6.45) is 15.6. The Balaban J connectivity index is 0. The minimum atomic E-state index is -1.55. The maximum absolute atomic E-state index is 10.3. The normalized spacial score (nSPS) is 15.0. The average molecular weight is 478 g/mol. The molecule has 0 amide bonds. The van der Waals surface area contributed by atoms with Crippen LogP contribution in [0.25, 0.3) is 0 Å². The van der Waals surface area contributed by atoms with Gasteiger partial charge in [0.1, 0.15) is 18.3 Å². The van der Waals surface area contributed by atoms with Crippen molar-refractivity contribution >= 4 is 5.97 Å². The van der Waals surface area contributed by atoms with Gasteiger partial charge in [0.15, 0.2) is 0 Å². The molecule has 8 nitrogen and oxygen atoms in total. The van der Waals surface area contributed by atoms with Crippen LogP contribution in [0, 0.1) is 0 Å². The van der Waals surface area contributed by atoms with Crippen molar-refractivity contribution in [2.24, 2.45) is 0 Å². The highest BCUT2D eigenvalue weighted by molar-refractivity contribution is 5.66. The lowest BCUT2D eigenvalue weighted by Gasteiger charge is -2.25. The molecule has 0 aliphatic carbocycles. The summed E-state index contributed by atoms with van der Waals surface area (Å²) in [5.41, 5.74) is 0. The first-order valence-corrected chi connectivity index (χ1v) is 12.7. The Labute approximate surface area is 200 Å². The van der Waals surface area contributed by atoms with Gasteiger partial charge in [0.25, 0.3) is 0 Å². The molecule has 0 spiro atoms. The molecule has 0 unspecified atom stereocenters. The molecule has 8 heteroatoms. The van der Waals surface area contributed by atoms with E-state index in [1.165, 1.54) is 70.6 Å². The van der Waals surface area contributed by atoms with Crippen LogP contribution in [0.5, 0.6) is 0 Å². The topological polar surface area (TPSA) is 150 Å². The Morgan fingerprint density at radius 1 is 0.758 bits per heavy atom. The number of likely N-dealkylation sites (N-methyl/N-ethyl adjacent to an activating group) is 1. The first-order chi connectivity index (χ1) is 15.8. The van der Waals surface area contributed by atoms with Crippen molar-refractivity contribution in [1.29, 1.82) is 0 Å². The summed E-state index contributed by atoms with van der Waals surface area (Å²) in [6.45, 7) is 1.69. The van der Waals surface area contributed by atoms with Gasteiger partial charge in [-0.05, 0) is 39.2 Å². The number of carboxylic acid groups (broad SMARTS) is 1. The molecular formula is C25H51NO7. The molecule has 0 aromatic carbocycles. The quantitative estimate of drug-likeness (QED) is 0.0985. The molecule has 33 heavy (non-hydrogen) atoms. The van der Waals surface area contributed by atoms with Gasteiger partial charge in [-0.15, -0.1) is 0 Å². The first kappa shape index (κ1) is 34.1. The number of aliphatic hydroxyl groups is 5. The van der Waals surface area contributed by atoms with Crippen LogP contribution in [0.4, 0.5) is 0 Å². The first-order valence-electron chi connectivity index (χ1n) is 12.7. The Kier molecular flexibility index (Phi) is 26.5. The fraction of sp³-hybridized carbons (Fsp3) is 0.880. The van der Waals surface area contributed by atoms with E-state index in [1.807, 2.05) is 0 Å². The highest BCUT2D eigenvalue weighted by Crippen LogP contribution is 2.10. The van der Waals surface area contributed by atoms with Crippen molar-refractivity contribution in [2.75, 3.05) is 20.2 Å². The summed E-state index contributed by atoms with van der Waals surface area (Å²) in [6, 6.07) is 0. The van der Waals surface area contributed by atoms with Crippen LogP contribution >= 0.6 is 0 Å². The summed E-state index contributed by atoms with van der Waals surface area (Å²) >= 11 is 0. The molecule has 0 fully saturated rings. The van der Waals surface area contributed by atoms with E-state index in [2.05, 4.69) is 24.4 Å². The highest BCUT2D eigenvalue weighted by Gasteiger charge is 2.29. The third-order valence-electron chi connectivity index (χ3n) is 5.39. The minimum Gasteiger partial charge on any atom is -0.481 e. The molecule has 0 radical (unpaired) electrons. The van der Waals surface area contributed by atoms with Crippen molar-refractivity contribution in [3.63, 3.8) is 0 Å². The van der Waals surface area contributed by atoms with Gasteiger partial charge in [-0.25, -0.2) is 0 Å². The number of hydrogen-bond acceptors (Lipinski definition) is 7. The van der Waals surface area contributed by atoms with Gasteiger partial charge < -0.3 is 36.0 Å². The van der Waals surface area contributed by atoms with Crippen LogP contribution in [0.3, 0.4) is 0 Å². The lowest BCUT2D eigenvalue weighted by molar-refractivity contribution is -0.137. The summed E-state index contributed by atoms with van der Waals surface area (Å²) in [5, 5.41) is 56.0. The largest absolute Gasteiger partial charge is 0.481 e. The van der Waals surface area contributed by atoms with Gasteiger partial charge in [0.2, 0.25) is 0 Å². The van der Waals surface area contributed by atoms with Gasteiger partial charge >= 0.3 is 5.97 Å². The second kappa shape index (κ2) is 25.6.